The zero-order chi connectivity index (χ0) is 16.5. The Morgan fingerprint density at radius 1 is 1.22 bits per heavy atom. The van der Waals surface area contributed by atoms with E-state index in [0.29, 0.717) is 25.5 Å². The van der Waals surface area contributed by atoms with Crippen LogP contribution in [-0.2, 0) is 11.3 Å². The van der Waals surface area contributed by atoms with Gasteiger partial charge in [-0.1, -0.05) is 12.1 Å². The summed E-state index contributed by atoms with van der Waals surface area (Å²) < 4.78 is 12.9. The van der Waals surface area contributed by atoms with Crippen LogP contribution in [0.1, 0.15) is 31.7 Å². The third kappa shape index (κ3) is 5.88. The first-order chi connectivity index (χ1) is 11.2. The van der Waals surface area contributed by atoms with Crippen LogP contribution in [0.3, 0.4) is 0 Å². The van der Waals surface area contributed by atoms with Gasteiger partial charge in [-0.15, -0.1) is 0 Å². The van der Waals surface area contributed by atoms with Gasteiger partial charge in [0.2, 0.25) is 5.91 Å². The van der Waals surface area contributed by atoms with Crippen molar-refractivity contribution >= 4 is 11.9 Å². The Morgan fingerprint density at radius 2 is 1.91 bits per heavy atom. The lowest BCUT2D eigenvalue weighted by atomic mass is 10.2. The zero-order valence-corrected chi connectivity index (χ0v) is 13.6. The number of guanidine groups is 1. The predicted molar refractivity (Wildman–Crippen MR) is 89.6 cm³/mol. The molecule has 0 aliphatic carbocycles. The Bertz CT molecular complexity index is 524. The molecule has 0 spiro atoms. The number of rotatable bonds is 6. The lowest BCUT2D eigenvalue weighted by molar-refractivity contribution is -0.129. The van der Waals surface area contributed by atoms with Crippen LogP contribution < -0.4 is 10.6 Å². The summed E-state index contributed by atoms with van der Waals surface area (Å²) >= 11 is 0. The number of hydrogen-bond donors (Lipinski definition) is 2. The van der Waals surface area contributed by atoms with E-state index in [-0.39, 0.29) is 11.7 Å². The van der Waals surface area contributed by atoms with E-state index in [1.165, 1.54) is 12.1 Å². The van der Waals surface area contributed by atoms with E-state index in [1.807, 2.05) is 11.8 Å². The van der Waals surface area contributed by atoms with Crippen molar-refractivity contribution in [2.45, 2.75) is 32.7 Å². The first kappa shape index (κ1) is 17.2. The summed E-state index contributed by atoms with van der Waals surface area (Å²) in [5, 5.41) is 6.32. The molecule has 5 nitrogen and oxygen atoms in total. The molecule has 6 heteroatoms. The highest BCUT2D eigenvalue weighted by Crippen LogP contribution is 2.08. The van der Waals surface area contributed by atoms with Gasteiger partial charge >= 0.3 is 0 Å². The summed E-state index contributed by atoms with van der Waals surface area (Å²) in [6.07, 6.45) is 2.70. The van der Waals surface area contributed by atoms with Crippen molar-refractivity contribution < 1.29 is 9.18 Å². The molecule has 0 radical (unpaired) electrons. The fourth-order valence-corrected chi connectivity index (χ4v) is 2.51. The van der Waals surface area contributed by atoms with E-state index in [0.717, 1.165) is 38.0 Å². The normalized spacial score (nSPS) is 14.9. The number of likely N-dealkylation sites (tertiary alicyclic amines) is 1. The van der Waals surface area contributed by atoms with Crippen LogP contribution in [-0.4, -0.2) is 42.9 Å². The van der Waals surface area contributed by atoms with Gasteiger partial charge in [-0.3, -0.25) is 4.79 Å². The molecule has 0 saturated carbocycles. The van der Waals surface area contributed by atoms with E-state index in [2.05, 4.69) is 15.6 Å². The number of nitrogens with one attached hydrogen (secondary N) is 2. The molecule has 0 aromatic heterocycles. The van der Waals surface area contributed by atoms with E-state index < -0.39 is 0 Å². The molecule has 23 heavy (non-hydrogen) atoms. The van der Waals surface area contributed by atoms with Crippen LogP contribution in [0.25, 0.3) is 0 Å². The molecule has 126 valence electrons. The molecule has 1 aromatic rings. The zero-order valence-electron chi connectivity index (χ0n) is 13.6. The summed E-state index contributed by atoms with van der Waals surface area (Å²) in [5.41, 5.74) is 0.941. The highest BCUT2D eigenvalue weighted by Gasteiger charge is 2.17. The number of carbonyl (C=O) groups excluding carboxylic acids is 1. The van der Waals surface area contributed by atoms with E-state index >= 15 is 0 Å². The SMILES string of the molecule is CCNC(=NCc1ccc(F)cc1)NCCC(=O)N1CCCC1. The number of nitrogens with zero attached hydrogens (tertiary/aromatic N) is 2. The predicted octanol–water partition coefficient (Wildman–Crippen LogP) is 1.89. The first-order valence-corrected chi connectivity index (χ1v) is 8.23. The minimum atomic E-state index is -0.247. The number of aliphatic imine (C=N–C) groups is 1. The molecule has 2 N–H and O–H groups in total. The number of carbonyl (C=O) groups is 1. The maximum Gasteiger partial charge on any atom is 0.224 e. The fourth-order valence-electron chi connectivity index (χ4n) is 2.51. The molecule has 1 aliphatic heterocycles. The second-order valence-electron chi connectivity index (χ2n) is 5.59. The molecule has 1 heterocycles. The van der Waals surface area contributed by atoms with E-state index in [9.17, 15) is 9.18 Å². The van der Waals surface area contributed by atoms with Crippen LogP contribution in [0.2, 0.25) is 0 Å². The van der Waals surface area contributed by atoms with Crippen LogP contribution in [0.4, 0.5) is 4.39 Å². The molecule has 1 saturated heterocycles. The Morgan fingerprint density at radius 3 is 2.57 bits per heavy atom. The van der Waals surface area contributed by atoms with Crippen LogP contribution in [0, 0.1) is 5.82 Å². The molecule has 1 aromatic carbocycles. The Balaban J connectivity index is 1.79. The highest BCUT2D eigenvalue weighted by molar-refractivity contribution is 5.81. The fraction of sp³-hybridized carbons (Fsp3) is 0.529. The van der Waals surface area contributed by atoms with Crippen molar-refractivity contribution in [1.29, 1.82) is 0 Å². The molecule has 1 aliphatic rings. The number of amides is 1. The molecular weight excluding hydrogens is 295 g/mol. The molecule has 0 unspecified atom stereocenters. The topological polar surface area (TPSA) is 56.7 Å². The molecule has 2 rings (SSSR count). The summed E-state index contributed by atoms with van der Waals surface area (Å²) in [5.74, 6) is 0.624. The Kier molecular flexibility index (Phi) is 6.84. The molecule has 0 bridgehead atoms. The smallest absolute Gasteiger partial charge is 0.224 e. The van der Waals surface area contributed by atoms with Crippen molar-refractivity contribution in [2.24, 2.45) is 4.99 Å². The van der Waals surface area contributed by atoms with Gasteiger partial charge in [0, 0.05) is 32.6 Å². The van der Waals surface area contributed by atoms with Gasteiger partial charge in [0.1, 0.15) is 5.82 Å². The Hall–Kier alpha value is -2.11. The van der Waals surface area contributed by atoms with Crippen LogP contribution >= 0.6 is 0 Å². The van der Waals surface area contributed by atoms with Crippen molar-refractivity contribution in [2.75, 3.05) is 26.2 Å². The quantitative estimate of drug-likeness (QED) is 0.622. The average molecular weight is 320 g/mol. The number of halogens is 1. The third-order valence-electron chi connectivity index (χ3n) is 3.77. The third-order valence-corrected chi connectivity index (χ3v) is 3.77. The molecular formula is C17H25FN4O. The van der Waals surface area contributed by atoms with Gasteiger partial charge < -0.3 is 15.5 Å². The molecule has 1 fully saturated rings. The summed E-state index contributed by atoms with van der Waals surface area (Å²) in [6.45, 7) is 5.54. The summed E-state index contributed by atoms with van der Waals surface area (Å²) in [4.78, 5) is 18.4. The van der Waals surface area contributed by atoms with Crippen molar-refractivity contribution in [3.63, 3.8) is 0 Å². The van der Waals surface area contributed by atoms with Gasteiger partial charge in [0.25, 0.3) is 0 Å². The summed E-state index contributed by atoms with van der Waals surface area (Å²) in [7, 11) is 0. The van der Waals surface area contributed by atoms with Crippen molar-refractivity contribution in [3.8, 4) is 0 Å². The van der Waals surface area contributed by atoms with Gasteiger partial charge in [0.15, 0.2) is 5.96 Å². The minimum Gasteiger partial charge on any atom is -0.357 e. The number of benzene rings is 1. The van der Waals surface area contributed by atoms with E-state index in [4.69, 9.17) is 0 Å². The molecule has 1 amide bonds. The monoisotopic (exact) mass is 320 g/mol. The van der Waals surface area contributed by atoms with Crippen LogP contribution in [0.15, 0.2) is 29.3 Å². The second-order valence-corrected chi connectivity index (χ2v) is 5.59. The standard InChI is InChI=1S/C17H25FN4O/c1-2-19-17(21-13-14-5-7-15(18)8-6-14)20-10-9-16(23)22-11-3-4-12-22/h5-8H,2-4,9-13H2,1H3,(H2,19,20,21). The second kappa shape index (κ2) is 9.12. The van der Waals surface area contributed by atoms with Crippen molar-refractivity contribution in [1.82, 2.24) is 15.5 Å². The average Bonchev–Trinajstić information content (AvgIpc) is 3.08. The van der Waals surface area contributed by atoms with Gasteiger partial charge in [-0.2, -0.15) is 0 Å². The van der Waals surface area contributed by atoms with Crippen LogP contribution in [0.5, 0.6) is 0 Å². The van der Waals surface area contributed by atoms with Crippen molar-refractivity contribution in [3.05, 3.63) is 35.6 Å². The molecule has 0 atom stereocenters. The first-order valence-electron chi connectivity index (χ1n) is 8.23. The maximum atomic E-state index is 12.9. The largest absolute Gasteiger partial charge is 0.357 e. The lowest BCUT2D eigenvalue weighted by Crippen LogP contribution is -2.39. The van der Waals surface area contributed by atoms with Gasteiger partial charge in [-0.25, -0.2) is 9.38 Å². The van der Waals surface area contributed by atoms with Gasteiger partial charge in [0.05, 0.1) is 6.54 Å². The minimum absolute atomic E-state index is 0.199. The van der Waals surface area contributed by atoms with Gasteiger partial charge in [-0.05, 0) is 37.5 Å². The summed E-state index contributed by atoms with van der Waals surface area (Å²) in [6, 6.07) is 6.30. The Labute approximate surface area is 137 Å². The highest BCUT2D eigenvalue weighted by atomic mass is 19.1. The lowest BCUT2D eigenvalue weighted by Gasteiger charge is -2.16. The number of hydrogen-bond acceptors (Lipinski definition) is 2. The maximum absolute atomic E-state index is 12.9. The van der Waals surface area contributed by atoms with E-state index in [1.54, 1.807) is 12.1 Å².